The first-order valence-electron chi connectivity index (χ1n) is 7.98. The molecule has 114 valence electrons. The lowest BCUT2D eigenvalue weighted by Crippen LogP contribution is -2.44. The molecule has 1 unspecified atom stereocenters. The third-order valence-corrected chi connectivity index (χ3v) is 4.53. The van der Waals surface area contributed by atoms with E-state index in [2.05, 4.69) is 35.6 Å². The van der Waals surface area contributed by atoms with Crippen molar-refractivity contribution in [2.75, 3.05) is 32.8 Å². The number of rotatable bonds is 3. The summed E-state index contributed by atoms with van der Waals surface area (Å²) in [5.41, 5.74) is 1.41. The lowest BCUT2D eigenvalue weighted by Gasteiger charge is -2.33. The molecular weight excluding hydrogens is 264 g/mol. The molecule has 2 saturated heterocycles. The molecule has 3 rings (SSSR count). The maximum absolute atomic E-state index is 12.3. The molecule has 2 aliphatic rings. The molecule has 0 saturated carbocycles. The smallest absolute Gasteiger partial charge is 0.225 e. The molecule has 0 aromatic heterocycles. The van der Waals surface area contributed by atoms with E-state index < -0.39 is 0 Å². The maximum atomic E-state index is 12.3. The van der Waals surface area contributed by atoms with Gasteiger partial charge in [-0.05, 0) is 24.3 Å². The first-order chi connectivity index (χ1) is 10.3. The van der Waals surface area contributed by atoms with E-state index in [0.29, 0.717) is 18.9 Å². The molecule has 0 bridgehead atoms. The highest BCUT2D eigenvalue weighted by molar-refractivity contribution is 5.76. The summed E-state index contributed by atoms with van der Waals surface area (Å²) in [5, 5.41) is 3.28. The Hall–Kier alpha value is -1.39. The van der Waals surface area contributed by atoms with Gasteiger partial charge >= 0.3 is 0 Å². The van der Waals surface area contributed by atoms with Crippen molar-refractivity contribution in [3.63, 3.8) is 0 Å². The van der Waals surface area contributed by atoms with E-state index in [1.165, 1.54) is 5.56 Å². The highest BCUT2D eigenvalue weighted by Crippen LogP contribution is 2.28. The Kier molecular flexibility index (Phi) is 4.88. The third-order valence-electron chi connectivity index (χ3n) is 4.53. The molecular formula is C17H24N2O2. The summed E-state index contributed by atoms with van der Waals surface area (Å²) in [7, 11) is 0. The van der Waals surface area contributed by atoms with Crippen molar-refractivity contribution < 1.29 is 9.53 Å². The van der Waals surface area contributed by atoms with Gasteiger partial charge in [0.25, 0.3) is 0 Å². The largest absolute Gasteiger partial charge is 0.375 e. The van der Waals surface area contributed by atoms with Crippen LogP contribution in [0.15, 0.2) is 30.3 Å². The zero-order valence-corrected chi connectivity index (χ0v) is 12.5. The molecule has 21 heavy (non-hydrogen) atoms. The van der Waals surface area contributed by atoms with E-state index >= 15 is 0 Å². The Balaban J connectivity index is 1.47. The number of piperidine rings is 1. The zero-order valence-electron chi connectivity index (χ0n) is 12.5. The van der Waals surface area contributed by atoms with Gasteiger partial charge in [-0.1, -0.05) is 30.3 Å². The Morgan fingerprint density at radius 2 is 2.00 bits per heavy atom. The van der Waals surface area contributed by atoms with Crippen molar-refractivity contribution in [3.8, 4) is 0 Å². The van der Waals surface area contributed by atoms with Crippen molar-refractivity contribution in [2.45, 2.75) is 31.3 Å². The molecule has 2 heterocycles. The number of likely N-dealkylation sites (tertiary alicyclic amines) is 1. The van der Waals surface area contributed by atoms with Crippen molar-refractivity contribution in [2.24, 2.45) is 0 Å². The molecule has 1 N–H and O–H groups in total. The Labute approximate surface area is 126 Å². The summed E-state index contributed by atoms with van der Waals surface area (Å²) in [5.74, 6) is 0.845. The molecule has 0 aliphatic carbocycles. The van der Waals surface area contributed by atoms with Crippen LogP contribution in [0.2, 0.25) is 0 Å². The van der Waals surface area contributed by atoms with Crippen molar-refractivity contribution >= 4 is 5.91 Å². The number of nitrogens with zero attached hydrogens (tertiary/aromatic N) is 1. The van der Waals surface area contributed by atoms with Gasteiger partial charge in [-0.2, -0.15) is 0 Å². The monoisotopic (exact) mass is 288 g/mol. The van der Waals surface area contributed by atoms with Gasteiger partial charge < -0.3 is 15.0 Å². The van der Waals surface area contributed by atoms with Gasteiger partial charge in [0.05, 0.1) is 19.1 Å². The standard InChI is InChI=1S/C17H24N2O2/c20-17(12-16-13-18-8-11-21-16)19-9-6-15(7-10-19)14-4-2-1-3-5-14/h1-5,15-16,18H,6-13H2. The van der Waals surface area contributed by atoms with E-state index in [4.69, 9.17) is 4.74 Å². The topological polar surface area (TPSA) is 41.6 Å². The lowest BCUT2D eigenvalue weighted by atomic mass is 9.89. The van der Waals surface area contributed by atoms with Gasteiger partial charge in [-0.3, -0.25) is 4.79 Å². The quantitative estimate of drug-likeness (QED) is 0.921. The molecule has 1 aromatic carbocycles. The maximum Gasteiger partial charge on any atom is 0.225 e. The van der Waals surface area contributed by atoms with E-state index in [0.717, 1.165) is 39.0 Å². The number of amides is 1. The summed E-state index contributed by atoms with van der Waals surface area (Å²) in [4.78, 5) is 14.3. The van der Waals surface area contributed by atoms with Crippen LogP contribution in [0, 0.1) is 0 Å². The van der Waals surface area contributed by atoms with Gasteiger partial charge in [0.15, 0.2) is 0 Å². The molecule has 4 nitrogen and oxygen atoms in total. The number of carbonyl (C=O) groups excluding carboxylic acids is 1. The van der Waals surface area contributed by atoms with Gasteiger partial charge in [0.1, 0.15) is 0 Å². The van der Waals surface area contributed by atoms with Crippen LogP contribution in [0.5, 0.6) is 0 Å². The number of ether oxygens (including phenoxy) is 1. The fraction of sp³-hybridized carbons (Fsp3) is 0.588. The molecule has 2 aliphatic heterocycles. The minimum Gasteiger partial charge on any atom is -0.375 e. The molecule has 4 heteroatoms. The third kappa shape index (κ3) is 3.83. The van der Waals surface area contributed by atoms with Crippen LogP contribution in [-0.4, -0.2) is 49.7 Å². The van der Waals surface area contributed by atoms with Crippen LogP contribution in [0.1, 0.15) is 30.7 Å². The first kappa shape index (κ1) is 14.5. The second kappa shape index (κ2) is 7.05. The number of nitrogens with one attached hydrogen (secondary N) is 1. The van der Waals surface area contributed by atoms with Gasteiger partial charge in [-0.15, -0.1) is 0 Å². The van der Waals surface area contributed by atoms with E-state index in [9.17, 15) is 4.79 Å². The average molecular weight is 288 g/mol. The van der Waals surface area contributed by atoms with Crippen LogP contribution in [0.4, 0.5) is 0 Å². The Morgan fingerprint density at radius 3 is 2.67 bits per heavy atom. The first-order valence-corrected chi connectivity index (χ1v) is 7.98. The summed E-state index contributed by atoms with van der Waals surface area (Å²) in [6.45, 7) is 4.16. The normalized spacial score (nSPS) is 24.0. The van der Waals surface area contributed by atoms with Crippen LogP contribution < -0.4 is 5.32 Å². The predicted octanol–water partition coefficient (Wildman–Crippen LogP) is 1.77. The summed E-state index contributed by atoms with van der Waals surface area (Å²) < 4.78 is 5.62. The summed E-state index contributed by atoms with van der Waals surface area (Å²) in [6.07, 6.45) is 2.71. The molecule has 0 radical (unpaired) electrons. The fourth-order valence-electron chi connectivity index (χ4n) is 3.26. The van der Waals surface area contributed by atoms with Gasteiger partial charge in [0, 0.05) is 26.2 Å². The Bertz CT molecular complexity index is 449. The van der Waals surface area contributed by atoms with Crippen LogP contribution in [0.25, 0.3) is 0 Å². The van der Waals surface area contributed by atoms with Crippen LogP contribution in [-0.2, 0) is 9.53 Å². The number of hydrogen-bond acceptors (Lipinski definition) is 3. The average Bonchev–Trinajstić information content (AvgIpc) is 2.57. The SMILES string of the molecule is O=C(CC1CNCCO1)N1CCC(c2ccccc2)CC1. The predicted molar refractivity (Wildman–Crippen MR) is 82.2 cm³/mol. The van der Waals surface area contributed by atoms with Crippen molar-refractivity contribution in [1.82, 2.24) is 10.2 Å². The fourth-order valence-corrected chi connectivity index (χ4v) is 3.26. The van der Waals surface area contributed by atoms with Gasteiger partial charge in [-0.25, -0.2) is 0 Å². The lowest BCUT2D eigenvalue weighted by molar-refractivity contribution is -0.135. The highest BCUT2D eigenvalue weighted by Gasteiger charge is 2.26. The zero-order chi connectivity index (χ0) is 14.5. The van der Waals surface area contributed by atoms with Crippen LogP contribution in [0.3, 0.4) is 0 Å². The van der Waals surface area contributed by atoms with E-state index in [1.54, 1.807) is 0 Å². The molecule has 2 fully saturated rings. The second-order valence-corrected chi connectivity index (χ2v) is 5.97. The minimum atomic E-state index is 0.0538. The summed E-state index contributed by atoms with van der Waals surface area (Å²) >= 11 is 0. The van der Waals surface area contributed by atoms with Crippen molar-refractivity contribution in [1.29, 1.82) is 0 Å². The Morgan fingerprint density at radius 1 is 1.24 bits per heavy atom. The highest BCUT2D eigenvalue weighted by atomic mass is 16.5. The number of benzene rings is 1. The van der Waals surface area contributed by atoms with Gasteiger partial charge in [0.2, 0.25) is 5.91 Å². The minimum absolute atomic E-state index is 0.0538. The van der Waals surface area contributed by atoms with E-state index in [1.807, 2.05) is 4.90 Å². The molecule has 1 amide bonds. The molecule has 1 atom stereocenters. The summed E-state index contributed by atoms with van der Waals surface area (Å²) in [6, 6.07) is 10.6. The molecule has 1 aromatic rings. The second-order valence-electron chi connectivity index (χ2n) is 5.97. The molecule has 0 spiro atoms. The van der Waals surface area contributed by atoms with Crippen molar-refractivity contribution in [3.05, 3.63) is 35.9 Å². The number of morpholine rings is 1. The number of carbonyl (C=O) groups is 1. The van der Waals surface area contributed by atoms with Crippen LogP contribution >= 0.6 is 0 Å². The van der Waals surface area contributed by atoms with E-state index in [-0.39, 0.29) is 12.0 Å². The number of hydrogen-bond donors (Lipinski definition) is 1.